The lowest BCUT2D eigenvalue weighted by atomic mass is 9.49. The zero-order valence-corrected chi connectivity index (χ0v) is 19.6. The van der Waals surface area contributed by atoms with E-state index >= 15 is 4.39 Å². The Morgan fingerprint density at radius 2 is 1.91 bits per heavy atom. The van der Waals surface area contributed by atoms with E-state index in [0.717, 1.165) is 24.8 Å². The van der Waals surface area contributed by atoms with E-state index < -0.39 is 11.4 Å². The molecule has 0 atom stereocenters. The molecule has 4 aromatic rings. The van der Waals surface area contributed by atoms with Crippen molar-refractivity contribution in [2.24, 2.45) is 5.92 Å². The Hall–Kier alpha value is -3.46. The summed E-state index contributed by atoms with van der Waals surface area (Å²) in [4.78, 5) is 17.8. The number of pyridine rings is 2. The number of methoxy groups -OCH3 is 1. The second-order valence-corrected chi connectivity index (χ2v) is 10.9. The molecule has 3 aromatic heterocycles. The van der Waals surface area contributed by atoms with Gasteiger partial charge in [0.1, 0.15) is 23.1 Å². The molecule has 8 rings (SSSR count). The van der Waals surface area contributed by atoms with Crippen molar-refractivity contribution in [2.75, 3.05) is 12.8 Å². The fourth-order valence-corrected chi connectivity index (χ4v) is 6.49. The summed E-state index contributed by atoms with van der Waals surface area (Å²) in [6, 6.07) is 5.10. The molecule has 35 heavy (non-hydrogen) atoms. The van der Waals surface area contributed by atoms with Gasteiger partial charge in [-0.05, 0) is 63.1 Å². The highest BCUT2D eigenvalue weighted by molar-refractivity contribution is 6.02. The van der Waals surface area contributed by atoms with E-state index in [-0.39, 0.29) is 33.9 Å². The molecule has 0 radical (unpaired) electrons. The molecule has 180 valence electrons. The molecule has 9 heteroatoms. The van der Waals surface area contributed by atoms with E-state index in [4.69, 9.17) is 15.6 Å². The van der Waals surface area contributed by atoms with E-state index in [2.05, 4.69) is 4.98 Å². The van der Waals surface area contributed by atoms with Crippen molar-refractivity contribution < 1.29 is 14.2 Å². The van der Waals surface area contributed by atoms with E-state index in [1.165, 1.54) is 7.11 Å². The Bertz CT molecular complexity index is 1600. The lowest BCUT2D eigenvalue weighted by Crippen LogP contribution is -2.62. The number of fused-ring (bicyclic) bond motifs is 2. The largest absolute Gasteiger partial charge is 0.495 e. The summed E-state index contributed by atoms with van der Waals surface area (Å²) in [5.74, 6) is 0.745. The average Bonchev–Trinajstić information content (AvgIpc) is 3.12. The maximum absolute atomic E-state index is 16.3. The van der Waals surface area contributed by atoms with Crippen molar-refractivity contribution in [2.45, 2.75) is 56.2 Å². The number of ether oxygens (including phenoxy) is 1. The monoisotopic (exact) mass is 475 g/mol. The van der Waals surface area contributed by atoms with Gasteiger partial charge in [-0.15, -0.1) is 0 Å². The first-order chi connectivity index (χ1) is 16.7. The number of rotatable bonds is 4. The number of halogens is 1. The molecule has 3 N–H and O–H groups in total. The molecule has 4 aliphatic rings. The predicted octanol–water partition coefficient (Wildman–Crippen LogP) is 3.74. The van der Waals surface area contributed by atoms with Crippen molar-refractivity contribution in [3.8, 4) is 17.0 Å². The van der Waals surface area contributed by atoms with Crippen LogP contribution in [0.4, 0.5) is 10.2 Å². The molecular formula is C26H26FN5O3. The third kappa shape index (κ3) is 2.67. The number of hydrogen-bond donors (Lipinski definition) is 2. The highest BCUT2D eigenvalue weighted by atomic mass is 19.1. The maximum Gasteiger partial charge on any atom is 0.262 e. The number of nitrogen functional groups attached to an aromatic ring is 1. The summed E-state index contributed by atoms with van der Waals surface area (Å²) in [6.45, 7) is 1.79. The molecule has 0 spiro atoms. The second-order valence-electron chi connectivity index (χ2n) is 10.9. The van der Waals surface area contributed by atoms with Crippen LogP contribution in [0.2, 0.25) is 0 Å². The van der Waals surface area contributed by atoms with Gasteiger partial charge in [0.15, 0.2) is 0 Å². The molecule has 4 aliphatic carbocycles. The molecule has 0 saturated heterocycles. The van der Waals surface area contributed by atoms with E-state index in [9.17, 15) is 9.90 Å². The Morgan fingerprint density at radius 1 is 1.17 bits per heavy atom. The van der Waals surface area contributed by atoms with Crippen LogP contribution in [0.3, 0.4) is 0 Å². The molecule has 0 aliphatic heterocycles. The van der Waals surface area contributed by atoms with Crippen LogP contribution in [-0.2, 0) is 5.54 Å². The Labute approximate surface area is 200 Å². The van der Waals surface area contributed by atoms with Crippen molar-refractivity contribution in [3.63, 3.8) is 0 Å². The zero-order valence-electron chi connectivity index (χ0n) is 19.6. The Kier molecular flexibility index (Phi) is 3.94. The Balaban J connectivity index is 1.47. The predicted molar refractivity (Wildman–Crippen MR) is 130 cm³/mol. The number of anilines is 1. The molecular weight excluding hydrogens is 449 g/mol. The average molecular weight is 476 g/mol. The summed E-state index contributed by atoms with van der Waals surface area (Å²) < 4.78 is 25.4. The van der Waals surface area contributed by atoms with Crippen LogP contribution in [0.25, 0.3) is 32.9 Å². The van der Waals surface area contributed by atoms with Gasteiger partial charge in [-0.1, -0.05) is 0 Å². The summed E-state index contributed by atoms with van der Waals surface area (Å²) in [6.07, 6.45) is 7.25. The topological polar surface area (TPSA) is 108 Å². The van der Waals surface area contributed by atoms with Crippen molar-refractivity contribution in [1.29, 1.82) is 0 Å². The van der Waals surface area contributed by atoms with Gasteiger partial charge in [0, 0.05) is 22.7 Å². The van der Waals surface area contributed by atoms with Crippen LogP contribution in [0, 0.1) is 11.7 Å². The van der Waals surface area contributed by atoms with Gasteiger partial charge in [0.05, 0.1) is 41.2 Å². The minimum absolute atomic E-state index is 0.00307. The number of aliphatic hydroxyl groups is 1. The van der Waals surface area contributed by atoms with E-state index in [1.54, 1.807) is 46.8 Å². The molecule has 4 fully saturated rings. The minimum atomic E-state index is -0.751. The fraction of sp³-hybridized carbons (Fsp3) is 0.423. The summed E-state index contributed by atoms with van der Waals surface area (Å²) in [7, 11) is 1.53. The van der Waals surface area contributed by atoms with Gasteiger partial charge in [-0.25, -0.2) is 9.37 Å². The summed E-state index contributed by atoms with van der Waals surface area (Å²) in [5, 5.41) is 16.0. The summed E-state index contributed by atoms with van der Waals surface area (Å²) in [5.41, 5.74) is 6.21. The van der Waals surface area contributed by atoms with Gasteiger partial charge in [0.2, 0.25) is 0 Å². The molecule has 4 saturated carbocycles. The number of nitrogens with two attached hydrogens (primary N) is 1. The molecule has 2 bridgehead atoms. The molecule has 0 unspecified atom stereocenters. The van der Waals surface area contributed by atoms with Crippen molar-refractivity contribution in [1.82, 2.24) is 19.3 Å². The molecule has 8 nitrogen and oxygen atoms in total. The standard InChI is InChI=1S/C26H26FN5O3/c1-25(34)10-14(11-25)32-17-5-6-29-23(28)20(17)22(30-32)16-4-3-15-18(35-2)12-31(24(33)19(15)21(16)27)26-7-13(8-26)9-26/h3-6,12-14,34H,7-11H2,1-2H3,(H2,28,29). The normalized spacial score (nSPS) is 29.0. The first-order valence-electron chi connectivity index (χ1n) is 12.0. The highest BCUT2D eigenvalue weighted by Crippen LogP contribution is 2.62. The fourth-order valence-electron chi connectivity index (χ4n) is 6.49. The molecule has 1 aromatic carbocycles. The second kappa shape index (κ2) is 6.60. The molecule has 0 amide bonds. The third-order valence-corrected chi connectivity index (χ3v) is 8.42. The van der Waals surface area contributed by atoms with Gasteiger partial charge in [-0.2, -0.15) is 5.10 Å². The lowest BCUT2D eigenvalue weighted by molar-refractivity contribution is -0.0913. The van der Waals surface area contributed by atoms with Gasteiger partial charge in [-0.3, -0.25) is 9.48 Å². The van der Waals surface area contributed by atoms with Gasteiger partial charge >= 0.3 is 0 Å². The van der Waals surface area contributed by atoms with Gasteiger partial charge < -0.3 is 20.1 Å². The third-order valence-electron chi connectivity index (χ3n) is 8.42. The first kappa shape index (κ1) is 20.9. The number of hydrogen-bond acceptors (Lipinski definition) is 6. The smallest absolute Gasteiger partial charge is 0.262 e. The zero-order chi connectivity index (χ0) is 24.3. The van der Waals surface area contributed by atoms with Crippen LogP contribution < -0.4 is 16.0 Å². The summed E-state index contributed by atoms with van der Waals surface area (Å²) >= 11 is 0. The number of aromatic nitrogens is 4. The quantitative estimate of drug-likeness (QED) is 0.466. The molecule has 3 heterocycles. The maximum atomic E-state index is 16.3. The van der Waals surface area contributed by atoms with Crippen LogP contribution in [0.15, 0.2) is 35.4 Å². The SMILES string of the molecule is COc1cn(C23CC(C2)C3)c(=O)c2c(F)c(-c3nn(C4CC(C)(O)C4)c4ccnc(N)c34)ccc12. The van der Waals surface area contributed by atoms with Crippen LogP contribution in [0.5, 0.6) is 5.75 Å². The van der Waals surface area contributed by atoms with E-state index in [1.807, 2.05) is 0 Å². The lowest BCUT2D eigenvalue weighted by Gasteiger charge is -2.62. The van der Waals surface area contributed by atoms with Crippen molar-refractivity contribution >= 4 is 27.5 Å². The first-order valence-corrected chi connectivity index (χ1v) is 12.0. The van der Waals surface area contributed by atoms with Gasteiger partial charge in [0.25, 0.3) is 5.56 Å². The van der Waals surface area contributed by atoms with Crippen LogP contribution in [-0.4, -0.2) is 37.1 Å². The number of nitrogens with zero attached hydrogens (tertiary/aromatic N) is 4. The van der Waals surface area contributed by atoms with Crippen molar-refractivity contribution in [3.05, 3.63) is 46.8 Å². The number of benzene rings is 1. The van der Waals surface area contributed by atoms with Crippen LogP contribution in [0.1, 0.15) is 45.1 Å². The van der Waals surface area contributed by atoms with E-state index in [0.29, 0.717) is 41.0 Å². The minimum Gasteiger partial charge on any atom is -0.495 e. The van der Waals surface area contributed by atoms with Crippen LogP contribution >= 0.6 is 0 Å². The highest BCUT2D eigenvalue weighted by Gasteiger charge is 2.58. The Morgan fingerprint density at radius 3 is 2.54 bits per heavy atom.